The highest BCUT2D eigenvalue weighted by molar-refractivity contribution is 7.89. The highest BCUT2D eigenvalue weighted by Crippen LogP contribution is 2.29. The fraction of sp³-hybridized carbons (Fsp3) is 0.462. The molecule has 0 amide bonds. The summed E-state index contributed by atoms with van der Waals surface area (Å²) in [6.45, 7) is 3.72. The fourth-order valence-corrected chi connectivity index (χ4v) is 3.91. The van der Waals surface area contributed by atoms with Crippen molar-refractivity contribution in [3.8, 4) is 0 Å². The van der Waals surface area contributed by atoms with Gasteiger partial charge >= 0.3 is 0 Å². The molecular weight excluding hydrogens is 292 g/mol. The van der Waals surface area contributed by atoms with Gasteiger partial charge in [0.1, 0.15) is 16.4 Å². The number of aryl methyl sites for hydroxylation is 3. The molecular formula is C13H20N4O3S. The van der Waals surface area contributed by atoms with Crippen molar-refractivity contribution < 1.29 is 12.8 Å². The van der Waals surface area contributed by atoms with E-state index in [1.54, 1.807) is 38.0 Å². The number of hydrogen-bond acceptors (Lipinski definition) is 5. The van der Waals surface area contributed by atoms with Crippen LogP contribution in [0.1, 0.15) is 22.6 Å². The minimum Gasteiger partial charge on any atom is -0.465 e. The van der Waals surface area contributed by atoms with Crippen LogP contribution >= 0.6 is 0 Å². The molecule has 0 atom stereocenters. The second-order valence-corrected chi connectivity index (χ2v) is 6.99. The van der Waals surface area contributed by atoms with E-state index in [0.717, 1.165) is 5.56 Å². The van der Waals surface area contributed by atoms with Crippen molar-refractivity contribution in [2.45, 2.75) is 31.8 Å². The molecule has 0 aliphatic rings. The zero-order chi connectivity index (χ0) is 15.8. The van der Waals surface area contributed by atoms with Crippen molar-refractivity contribution in [3.63, 3.8) is 0 Å². The van der Waals surface area contributed by atoms with Gasteiger partial charge in [-0.25, -0.2) is 8.42 Å². The van der Waals surface area contributed by atoms with E-state index in [2.05, 4.69) is 5.10 Å². The average molecular weight is 312 g/mol. The van der Waals surface area contributed by atoms with Gasteiger partial charge in [0.25, 0.3) is 0 Å². The maximum atomic E-state index is 12.7. The Morgan fingerprint density at radius 2 is 2.05 bits per heavy atom. The number of sulfonamides is 1. The van der Waals surface area contributed by atoms with E-state index in [9.17, 15) is 8.42 Å². The van der Waals surface area contributed by atoms with Gasteiger partial charge in [0.15, 0.2) is 0 Å². The van der Waals surface area contributed by atoms with Crippen LogP contribution in [0, 0.1) is 13.8 Å². The third-order valence-corrected chi connectivity index (χ3v) is 5.36. The molecule has 8 heteroatoms. The Bertz CT molecular complexity index is 746. The second-order valence-electron chi connectivity index (χ2n) is 5.01. The molecule has 2 rings (SSSR count). The van der Waals surface area contributed by atoms with E-state index >= 15 is 0 Å². The van der Waals surface area contributed by atoms with Gasteiger partial charge in [0.2, 0.25) is 10.0 Å². The van der Waals surface area contributed by atoms with Crippen molar-refractivity contribution >= 4 is 10.0 Å². The van der Waals surface area contributed by atoms with Crippen LogP contribution in [0.15, 0.2) is 21.7 Å². The lowest BCUT2D eigenvalue weighted by Crippen LogP contribution is -2.27. The van der Waals surface area contributed by atoms with Crippen LogP contribution in [0.25, 0.3) is 0 Å². The SMILES string of the molecule is Cc1oc(C)c(S(=O)(=O)N(C)Cc2cnn(C)c2)c1CN. The van der Waals surface area contributed by atoms with Crippen LogP contribution in [0.5, 0.6) is 0 Å². The molecule has 0 radical (unpaired) electrons. The molecule has 116 valence electrons. The Labute approximate surface area is 124 Å². The van der Waals surface area contributed by atoms with E-state index in [1.165, 1.54) is 11.4 Å². The summed E-state index contributed by atoms with van der Waals surface area (Å²) in [7, 11) is -0.340. The first-order valence-corrected chi connectivity index (χ1v) is 7.94. The summed E-state index contributed by atoms with van der Waals surface area (Å²) in [5.74, 6) is 0.911. The first-order chi connectivity index (χ1) is 9.77. The third-order valence-electron chi connectivity index (χ3n) is 3.36. The molecule has 0 unspecified atom stereocenters. The average Bonchev–Trinajstić information content (AvgIpc) is 2.92. The molecule has 0 saturated heterocycles. The van der Waals surface area contributed by atoms with Gasteiger partial charge in [-0.05, 0) is 13.8 Å². The lowest BCUT2D eigenvalue weighted by atomic mass is 10.2. The molecule has 0 aliphatic carbocycles. The molecule has 0 aromatic carbocycles. The van der Waals surface area contributed by atoms with E-state index in [-0.39, 0.29) is 18.0 Å². The number of nitrogens with two attached hydrogens (primary N) is 1. The molecule has 2 aromatic heterocycles. The van der Waals surface area contributed by atoms with Crippen molar-refractivity contribution in [3.05, 3.63) is 35.0 Å². The van der Waals surface area contributed by atoms with Crippen LogP contribution in [0.3, 0.4) is 0 Å². The Hall–Kier alpha value is -1.64. The number of nitrogens with zero attached hydrogens (tertiary/aromatic N) is 3. The summed E-state index contributed by atoms with van der Waals surface area (Å²) in [6, 6.07) is 0. The maximum absolute atomic E-state index is 12.7. The second kappa shape index (κ2) is 5.63. The summed E-state index contributed by atoms with van der Waals surface area (Å²) in [6.07, 6.45) is 3.42. The first kappa shape index (κ1) is 15.7. The molecule has 21 heavy (non-hydrogen) atoms. The van der Waals surface area contributed by atoms with Gasteiger partial charge in [-0.15, -0.1) is 0 Å². The molecule has 0 fully saturated rings. The van der Waals surface area contributed by atoms with E-state index in [1.807, 2.05) is 0 Å². The minimum atomic E-state index is -3.66. The van der Waals surface area contributed by atoms with Crippen molar-refractivity contribution in [2.24, 2.45) is 12.8 Å². The molecule has 7 nitrogen and oxygen atoms in total. The minimum absolute atomic E-state index is 0.123. The normalized spacial score (nSPS) is 12.3. The third kappa shape index (κ3) is 2.87. The standard InChI is InChI=1S/C13H20N4O3S/c1-9-12(5-14)13(10(2)20-9)21(18,19)17(4)8-11-6-15-16(3)7-11/h6-7H,5,8,14H2,1-4H3. The molecule has 0 spiro atoms. The van der Waals surface area contributed by atoms with E-state index in [4.69, 9.17) is 10.2 Å². The predicted molar refractivity (Wildman–Crippen MR) is 77.9 cm³/mol. The number of rotatable bonds is 5. The van der Waals surface area contributed by atoms with Gasteiger partial charge in [-0.3, -0.25) is 4.68 Å². The molecule has 0 aliphatic heterocycles. The number of furan rings is 1. The molecule has 0 bridgehead atoms. The summed E-state index contributed by atoms with van der Waals surface area (Å²) in [5, 5.41) is 4.04. The summed E-state index contributed by atoms with van der Waals surface area (Å²) < 4.78 is 33.8. The van der Waals surface area contributed by atoms with E-state index < -0.39 is 10.0 Å². The zero-order valence-electron chi connectivity index (χ0n) is 12.6. The summed E-state index contributed by atoms with van der Waals surface area (Å²) in [4.78, 5) is 0.175. The molecule has 2 N–H and O–H groups in total. The first-order valence-electron chi connectivity index (χ1n) is 6.50. The largest absolute Gasteiger partial charge is 0.465 e. The topological polar surface area (TPSA) is 94.4 Å². The highest BCUT2D eigenvalue weighted by Gasteiger charge is 2.30. The lowest BCUT2D eigenvalue weighted by Gasteiger charge is -2.16. The van der Waals surface area contributed by atoms with Gasteiger partial charge in [-0.1, -0.05) is 0 Å². The van der Waals surface area contributed by atoms with Crippen molar-refractivity contribution in [2.75, 3.05) is 7.05 Å². The van der Waals surface area contributed by atoms with Crippen LogP contribution in [0.4, 0.5) is 0 Å². The predicted octanol–water partition coefficient (Wildman–Crippen LogP) is 0.909. The Balaban J connectivity index is 2.37. The van der Waals surface area contributed by atoms with E-state index in [0.29, 0.717) is 17.1 Å². The highest BCUT2D eigenvalue weighted by atomic mass is 32.2. The Morgan fingerprint density at radius 1 is 1.38 bits per heavy atom. The quantitative estimate of drug-likeness (QED) is 0.885. The monoisotopic (exact) mass is 312 g/mol. The Morgan fingerprint density at radius 3 is 2.57 bits per heavy atom. The molecule has 0 saturated carbocycles. The van der Waals surface area contributed by atoms with Crippen LogP contribution in [-0.4, -0.2) is 29.6 Å². The van der Waals surface area contributed by atoms with Crippen LogP contribution < -0.4 is 5.73 Å². The number of hydrogen-bond donors (Lipinski definition) is 1. The molecule has 2 heterocycles. The summed E-state index contributed by atoms with van der Waals surface area (Å²) in [5.41, 5.74) is 7.01. The fourth-order valence-electron chi connectivity index (χ4n) is 2.34. The van der Waals surface area contributed by atoms with Crippen LogP contribution in [-0.2, 0) is 30.2 Å². The van der Waals surface area contributed by atoms with Gasteiger partial charge in [0.05, 0.1) is 6.20 Å². The lowest BCUT2D eigenvalue weighted by molar-refractivity contribution is 0.459. The number of aromatic nitrogens is 2. The van der Waals surface area contributed by atoms with Gasteiger partial charge < -0.3 is 10.2 Å². The van der Waals surface area contributed by atoms with Crippen LogP contribution in [0.2, 0.25) is 0 Å². The van der Waals surface area contributed by atoms with Gasteiger partial charge in [-0.2, -0.15) is 9.40 Å². The Kier molecular flexibility index (Phi) is 4.22. The van der Waals surface area contributed by atoms with Crippen molar-refractivity contribution in [1.29, 1.82) is 0 Å². The maximum Gasteiger partial charge on any atom is 0.246 e. The van der Waals surface area contributed by atoms with Gasteiger partial charge in [0, 0.05) is 44.5 Å². The summed E-state index contributed by atoms with van der Waals surface area (Å²) >= 11 is 0. The zero-order valence-corrected chi connectivity index (χ0v) is 13.4. The van der Waals surface area contributed by atoms with Crippen molar-refractivity contribution in [1.82, 2.24) is 14.1 Å². The smallest absolute Gasteiger partial charge is 0.246 e. The molecule has 2 aromatic rings.